The number of anilines is 2. The third-order valence-electron chi connectivity index (χ3n) is 4.20. The van der Waals surface area contributed by atoms with E-state index in [-0.39, 0.29) is 19.9 Å². The molecule has 7 nitrogen and oxygen atoms in total. The van der Waals surface area contributed by atoms with Crippen LogP contribution in [0.5, 0.6) is 0 Å². The van der Waals surface area contributed by atoms with Crippen molar-refractivity contribution in [3.63, 3.8) is 0 Å². The number of hydrogen-bond acceptors (Lipinski definition) is 5. The highest BCUT2D eigenvalue weighted by Crippen LogP contribution is 2.66. The molecule has 10 heteroatoms. The Morgan fingerprint density at radius 3 is 2.35 bits per heavy atom. The van der Waals surface area contributed by atoms with Crippen LogP contribution in [0.25, 0.3) is 0 Å². The van der Waals surface area contributed by atoms with Gasteiger partial charge in [-0.2, -0.15) is 0 Å². The molecule has 3 rings (SSSR count). The van der Waals surface area contributed by atoms with Gasteiger partial charge in [0, 0.05) is 11.9 Å². The van der Waals surface area contributed by atoms with Gasteiger partial charge in [0.1, 0.15) is 11.6 Å². The molecule has 1 unspecified atom stereocenters. The lowest BCUT2D eigenvalue weighted by atomic mass is 10.1. The van der Waals surface area contributed by atoms with Crippen molar-refractivity contribution in [3.8, 4) is 0 Å². The Hall–Kier alpha value is -1.52. The molecule has 1 amide bonds. The van der Waals surface area contributed by atoms with E-state index in [1.165, 1.54) is 24.4 Å². The number of sulfonamides is 1. The SMILES string of the molecule is Cc1nccc(NS(=O)(=O)c2ccc(NC(=O)C3(C)CC3(Br)Br)cc2)n1. The van der Waals surface area contributed by atoms with Gasteiger partial charge >= 0.3 is 0 Å². The fraction of sp³-hybridized carbons (Fsp3) is 0.312. The van der Waals surface area contributed by atoms with E-state index in [1.807, 2.05) is 6.92 Å². The molecule has 2 N–H and O–H groups in total. The summed E-state index contributed by atoms with van der Waals surface area (Å²) in [5.74, 6) is 0.519. The average Bonchev–Trinajstić information content (AvgIpc) is 3.07. The van der Waals surface area contributed by atoms with E-state index in [0.29, 0.717) is 17.9 Å². The van der Waals surface area contributed by atoms with Crippen LogP contribution >= 0.6 is 31.9 Å². The number of nitrogens with zero attached hydrogens (tertiary/aromatic N) is 2. The van der Waals surface area contributed by atoms with Crippen LogP contribution in [-0.2, 0) is 14.8 Å². The lowest BCUT2D eigenvalue weighted by molar-refractivity contribution is -0.120. The number of aromatic nitrogens is 2. The van der Waals surface area contributed by atoms with Crippen LogP contribution in [0.1, 0.15) is 19.2 Å². The molecule has 1 saturated carbocycles. The van der Waals surface area contributed by atoms with Gasteiger partial charge in [-0.1, -0.05) is 31.9 Å². The van der Waals surface area contributed by atoms with Crippen LogP contribution in [0.2, 0.25) is 0 Å². The smallest absolute Gasteiger partial charge is 0.263 e. The van der Waals surface area contributed by atoms with Gasteiger partial charge in [0.15, 0.2) is 0 Å². The number of alkyl halides is 2. The number of aryl methyl sites for hydroxylation is 1. The van der Waals surface area contributed by atoms with Crippen LogP contribution in [0.3, 0.4) is 0 Å². The Morgan fingerprint density at radius 2 is 1.81 bits per heavy atom. The van der Waals surface area contributed by atoms with E-state index in [9.17, 15) is 13.2 Å². The molecular formula is C16H16Br2N4O3S. The number of hydrogen-bond donors (Lipinski definition) is 2. The Balaban J connectivity index is 1.72. The first kappa shape index (κ1) is 19.2. The predicted molar refractivity (Wildman–Crippen MR) is 106 cm³/mol. The van der Waals surface area contributed by atoms with Crippen molar-refractivity contribution < 1.29 is 13.2 Å². The van der Waals surface area contributed by atoms with E-state index in [1.54, 1.807) is 19.1 Å². The van der Waals surface area contributed by atoms with Gasteiger partial charge in [-0.05, 0) is 50.6 Å². The van der Waals surface area contributed by atoms with E-state index in [4.69, 9.17) is 0 Å². The Labute approximate surface area is 168 Å². The molecule has 26 heavy (non-hydrogen) atoms. The Kier molecular flexibility index (Phi) is 4.87. The van der Waals surface area contributed by atoms with Crippen molar-refractivity contribution in [2.24, 2.45) is 5.41 Å². The molecular weight excluding hydrogens is 488 g/mol. The number of rotatable bonds is 5. The second kappa shape index (κ2) is 6.58. The number of carbonyl (C=O) groups excluding carboxylic acids is 1. The minimum absolute atomic E-state index is 0.0692. The van der Waals surface area contributed by atoms with Gasteiger partial charge in [0.05, 0.1) is 13.5 Å². The molecule has 1 heterocycles. The monoisotopic (exact) mass is 502 g/mol. The van der Waals surface area contributed by atoms with Gasteiger partial charge in [-0.3, -0.25) is 9.52 Å². The normalized spacial score (nSPS) is 21.1. The number of carbonyl (C=O) groups is 1. The van der Waals surface area contributed by atoms with Crippen molar-refractivity contribution in [1.29, 1.82) is 0 Å². The molecule has 1 fully saturated rings. The molecule has 0 saturated heterocycles. The van der Waals surface area contributed by atoms with Crippen LogP contribution in [-0.4, -0.2) is 27.5 Å². The highest BCUT2D eigenvalue weighted by molar-refractivity contribution is 9.25. The van der Waals surface area contributed by atoms with Gasteiger partial charge in [0.2, 0.25) is 5.91 Å². The van der Waals surface area contributed by atoms with Crippen molar-refractivity contribution in [1.82, 2.24) is 9.97 Å². The Morgan fingerprint density at radius 1 is 1.19 bits per heavy atom. The molecule has 0 radical (unpaired) electrons. The second-order valence-electron chi connectivity index (χ2n) is 6.29. The molecule has 138 valence electrons. The van der Waals surface area contributed by atoms with Gasteiger partial charge in [-0.15, -0.1) is 0 Å². The second-order valence-corrected chi connectivity index (χ2v) is 11.7. The van der Waals surface area contributed by atoms with Gasteiger partial charge in [0.25, 0.3) is 10.0 Å². The van der Waals surface area contributed by atoms with Crippen LogP contribution in [0.4, 0.5) is 11.5 Å². The highest BCUT2D eigenvalue weighted by Gasteiger charge is 2.66. The summed E-state index contributed by atoms with van der Waals surface area (Å²) in [5.41, 5.74) is -0.0276. The fourth-order valence-corrected chi connectivity index (χ4v) is 4.83. The third kappa shape index (κ3) is 3.77. The predicted octanol–water partition coefficient (Wildman–Crippen LogP) is 3.42. The summed E-state index contributed by atoms with van der Waals surface area (Å²) >= 11 is 6.91. The van der Waals surface area contributed by atoms with E-state index >= 15 is 0 Å². The maximum Gasteiger partial charge on any atom is 0.263 e. The minimum Gasteiger partial charge on any atom is -0.326 e. The highest BCUT2D eigenvalue weighted by atomic mass is 79.9. The fourth-order valence-electron chi connectivity index (χ4n) is 2.34. The first-order chi connectivity index (χ1) is 12.0. The van der Waals surface area contributed by atoms with E-state index in [2.05, 4.69) is 51.9 Å². The number of benzene rings is 1. The van der Waals surface area contributed by atoms with E-state index < -0.39 is 15.4 Å². The van der Waals surface area contributed by atoms with Gasteiger partial charge in [-0.25, -0.2) is 18.4 Å². The molecule has 1 atom stereocenters. The van der Waals surface area contributed by atoms with Crippen molar-refractivity contribution >= 4 is 59.3 Å². The Bertz CT molecular complexity index is 964. The van der Waals surface area contributed by atoms with Crippen molar-refractivity contribution in [2.45, 2.75) is 28.4 Å². The summed E-state index contributed by atoms with van der Waals surface area (Å²) in [6, 6.07) is 7.43. The summed E-state index contributed by atoms with van der Waals surface area (Å²) < 4.78 is 26.9. The summed E-state index contributed by atoms with van der Waals surface area (Å²) in [6.45, 7) is 3.52. The zero-order chi connectivity index (χ0) is 19.2. The van der Waals surface area contributed by atoms with Crippen molar-refractivity contribution in [2.75, 3.05) is 10.0 Å². The van der Waals surface area contributed by atoms with Crippen LogP contribution < -0.4 is 10.0 Å². The van der Waals surface area contributed by atoms with E-state index in [0.717, 1.165) is 0 Å². The first-order valence-electron chi connectivity index (χ1n) is 7.65. The summed E-state index contributed by atoms with van der Waals surface area (Å²) in [6.07, 6.45) is 2.14. The maximum absolute atomic E-state index is 12.4. The van der Waals surface area contributed by atoms with Crippen LogP contribution in [0.15, 0.2) is 41.4 Å². The summed E-state index contributed by atoms with van der Waals surface area (Å²) in [7, 11) is -3.78. The molecule has 1 aliphatic carbocycles. The summed E-state index contributed by atoms with van der Waals surface area (Å²) in [5, 5.41) is 2.80. The molecule has 2 aromatic rings. The third-order valence-corrected chi connectivity index (χ3v) is 7.88. The van der Waals surface area contributed by atoms with Crippen molar-refractivity contribution in [3.05, 3.63) is 42.4 Å². The standard InChI is InChI=1S/C16H16Br2N4O3S/c1-10-19-8-7-13(20-10)22-26(24,25)12-5-3-11(4-6-12)21-14(23)15(2)9-16(15,17)18/h3-8H,9H2,1-2H3,(H,21,23)(H,19,20,22). The summed E-state index contributed by atoms with van der Waals surface area (Å²) in [4.78, 5) is 20.4. The molecule has 1 aliphatic rings. The molecule has 1 aromatic heterocycles. The zero-order valence-corrected chi connectivity index (χ0v) is 17.9. The largest absolute Gasteiger partial charge is 0.326 e. The maximum atomic E-state index is 12.4. The van der Waals surface area contributed by atoms with Gasteiger partial charge < -0.3 is 5.32 Å². The average molecular weight is 504 g/mol. The lowest BCUT2D eigenvalue weighted by Crippen LogP contribution is -2.25. The molecule has 1 aromatic carbocycles. The van der Waals surface area contributed by atoms with Crippen LogP contribution in [0, 0.1) is 12.3 Å². The quantitative estimate of drug-likeness (QED) is 0.609. The molecule has 0 bridgehead atoms. The number of halogens is 2. The topological polar surface area (TPSA) is 101 Å². The molecule has 0 spiro atoms. The first-order valence-corrected chi connectivity index (χ1v) is 10.7. The number of amides is 1. The molecule has 0 aliphatic heterocycles. The number of nitrogens with one attached hydrogen (secondary N) is 2. The minimum atomic E-state index is -3.78. The zero-order valence-electron chi connectivity index (χ0n) is 14.0. The lowest BCUT2D eigenvalue weighted by Gasteiger charge is -2.13.